The van der Waals surface area contributed by atoms with Crippen molar-refractivity contribution < 1.29 is 23.4 Å². The van der Waals surface area contributed by atoms with Gasteiger partial charge in [-0.2, -0.15) is 0 Å². The normalized spacial score (nSPS) is 10.6. The third kappa shape index (κ3) is 2.57. The zero-order valence-electron chi connectivity index (χ0n) is 8.21. The van der Waals surface area contributed by atoms with Gasteiger partial charge in [0, 0.05) is 0 Å². The first-order valence-corrected chi connectivity index (χ1v) is 5.39. The number of hydrogen-bond acceptors (Lipinski definition) is 4. The summed E-state index contributed by atoms with van der Waals surface area (Å²) in [4.78, 5) is 14.9. The maximum absolute atomic E-state index is 12.7. The Hall–Kier alpha value is -0.990. The second kappa shape index (κ2) is 5.37. The topological polar surface area (TPSA) is 59.4 Å². The van der Waals surface area contributed by atoms with Crippen molar-refractivity contribution in [3.63, 3.8) is 0 Å². The van der Waals surface area contributed by atoms with Crippen LogP contribution >= 0.6 is 22.6 Å². The molecule has 0 amide bonds. The lowest BCUT2D eigenvalue weighted by atomic mass is 10.1. The molecule has 0 aliphatic heterocycles. The van der Waals surface area contributed by atoms with Crippen molar-refractivity contribution in [1.82, 2.24) is 4.98 Å². The van der Waals surface area contributed by atoms with Crippen molar-refractivity contribution >= 4 is 28.6 Å². The number of aromatic nitrogens is 1. The van der Waals surface area contributed by atoms with Crippen LogP contribution in [0.1, 0.15) is 29.3 Å². The summed E-state index contributed by atoms with van der Waals surface area (Å²) < 4.78 is 30.0. The SMILES string of the molecule is CCOC(=O)c1c(O)cnc(I)c1C(F)F. The van der Waals surface area contributed by atoms with Crippen LogP contribution in [0.3, 0.4) is 0 Å². The van der Waals surface area contributed by atoms with Gasteiger partial charge in [0.05, 0.1) is 18.4 Å². The number of esters is 1. The Morgan fingerprint density at radius 1 is 1.69 bits per heavy atom. The van der Waals surface area contributed by atoms with Crippen LogP contribution < -0.4 is 0 Å². The first-order chi connectivity index (χ1) is 7.49. The van der Waals surface area contributed by atoms with Gasteiger partial charge < -0.3 is 9.84 Å². The molecule has 1 N–H and O–H groups in total. The molecule has 0 aliphatic carbocycles. The number of rotatable bonds is 3. The molecule has 4 nitrogen and oxygen atoms in total. The number of hydrogen-bond donors (Lipinski definition) is 1. The molecule has 0 saturated carbocycles. The molecule has 1 aromatic rings. The van der Waals surface area contributed by atoms with Crippen LogP contribution in [0.25, 0.3) is 0 Å². The van der Waals surface area contributed by atoms with Crippen LogP contribution in [-0.2, 0) is 4.74 Å². The van der Waals surface area contributed by atoms with Gasteiger partial charge in [0.25, 0.3) is 6.43 Å². The Morgan fingerprint density at radius 3 is 2.81 bits per heavy atom. The van der Waals surface area contributed by atoms with Crippen LogP contribution in [0, 0.1) is 3.70 Å². The largest absolute Gasteiger partial charge is 0.505 e. The molecule has 1 aromatic heterocycles. The van der Waals surface area contributed by atoms with E-state index in [2.05, 4.69) is 9.72 Å². The maximum Gasteiger partial charge on any atom is 0.342 e. The van der Waals surface area contributed by atoms with E-state index in [1.54, 1.807) is 29.5 Å². The number of carbonyl (C=O) groups excluding carboxylic acids is 1. The summed E-state index contributed by atoms with van der Waals surface area (Å²) in [6.45, 7) is 1.59. The van der Waals surface area contributed by atoms with E-state index in [1.165, 1.54) is 0 Å². The molecule has 88 valence electrons. The fourth-order valence-corrected chi connectivity index (χ4v) is 1.75. The van der Waals surface area contributed by atoms with E-state index >= 15 is 0 Å². The minimum absolute atomic E-state index is 0.0338. The van der Waals surface area contributed by atoms with Gasteiger partial charge in [-0.1, -0.05) is 0 Å². The summed E-state index contributed by atoms with van der Waals surface area (Å²) in [7, 11) is 0. The van der Waals surface area contributed by atoms with Gasteiger partial charge in [-0.15, -0.1) is 0 Å². The number of halogens is 3. The number of carbonyl (C=O) groups is 1. The number of nitrogens with zero attached hydrogens (tertiary/aromatic N) is 1. The number of ether oxygens (including phenoxy) is 1. The van der Waals surface area contributed by atoms with E-state index < -0.39 is 29.3 Å². The zero-order chi connectivity index (χ0) is 12.3. The molecule has 16 heavy (non-hydrogen) atoms. The Balaban J connectivity index is 3.34. The lowest BCUT2D eigenvalue weighted by Gasteiger charge is -2.10. The second-order valence-electron chi connectivity index (χ2n) is 2.74. The molecule has 0 unspecified atom stereocenters. The Bertz CT molecular complexity index is 412. The molecule has 0 saturated heterocycles. The van der Waals surface area contributed by atoms with Crippen molar-refractivity contribution in [3.8, 4) is 5.75 Å². The van der Waals surface area contributed by atoms with Gasteiger partial charge in [-0.3, -0.25) is 0 Å². The third-order valence-electron chi connectivity index (χ3n) is 1.75. The molecule has 0 atom stereocenters. The number of pyridine rings is 1. The van der Waals surface area contributed by atoms with Crippen LogP contribution in [0.4, 0.5) is 8.78 Å². The minimum atomic E-state index is -2.90. The van der Waals surface area contributed by atoms with Crippen molar-refractivity contribution in [2.45, 2.75) is 13.3 Å². The van der Waals surface area contributed by atoms with Gasteiger partial charge in [0.15, 0.2) is 0 Å². The smallest absolute Gasteiger partial charge is 0.342 e. The molecule has 1 rings (SSSR count). The summed E-state index contributed by atoms with van der Waals surface area (Å²) in [6.07, 6.45) is -1.95. The minimum Gasteiger partial charge on any atom is -0.505 e. The highest BCUT2D eigenvalue weighted by atomic mass is 127. The fraction of sp³-hybridized carbons (Fsp3) is 0.333. The first kappa shape index (κ1) is 13.1. The summed E-state index contributed by atoms with van der Waals surface area (Å²) in [5, 5.41) is 9.36. The van der Waals surface area contributed by atoms with Crippen LogP contribution in [0.2, 0.25) is 0 Å². The Morgan fingerprint density at radius 2 is 2.31 bits per heavy atom. The van der Waals surface area contributed by atoms with E-state index in [1.807, 2.05) is 0 Å². The summed E-state index contributed by atoms with van der Waals surface area (Å²) in [5.74, 6) is -1.58. The van der Waals surface area contributed by atoms with Crippen LogP contribution in [0.15, 0.2) is 6.20 Å². The van der Waals surface area contributed by atoms with Crippen molar-refractivity contribution in [2.24, 2.45) is 0 Å². The molecular weight excluding hydrogens is 335 g/mol. The first-order valence-electron chi connectivity index (χ1n) is 4.31. The Labute approximate surface area is 104 Å². The standard InChI is InChI=1S/C9H8F2INO3/c1-2-16-9(15)5-4(14)3-13-8(12)6(5)7(10)11/h3,7,14H,2H2,1H3. The van der Waals surface area contributed by atoms with Crippen LogP contribution in [-0.4, -0.2) is 22.7 Å². The van der Waals surface area contributed by atoms with Crippen molar-refractivity contribution in [2.75, 3.05) is 6.61 Å². The molecule has 0 spiro atoms. The quantitative estimate of drug-likeness (QED) is 0.521. The predicted molar refractivity (Wildman–Crippen MR) is 59.5 cm³/mol. The van der Waals surface area contributed by atoms with Gasteiger partial charge in [-0.25, -0.2) is 18.6 Å². The van der Waals surface area contributed by atoms with Crippen molar-refractivity contribution in [1.29, 1.82) is 0 Å². The summed E-state index contributed by atoms with van der Waals surface area (Å²) in [5.41, 5.74) is -1.12. The van der Waals surface area contributed by atoms with Crippen molar-refractivity contribution in [3.05, 3.63) is 21.0 Å². The molecule has 0 bridgehead atoms. The summed E-state index contributed by atoms with van der Waals surface area (Å²) >= 11 is 1.57. The van der Waals surface area contributed by atoms with E-state index in [4.69, 9.17) is 0 Å². The molecule has 0 fully saturated rings. The molecule has 0 aliphatic rings. The van der Waals surface area contributed by atoms with E-state index in [0.29, 0.717) is 0 Å². The molecular formula is C9H8F2INO3. The summed E-state index contributed by atoms with van der Waals surface area (Å²) in [6, 6.07) is 0. The fourth-order valence-electron chi connectivity index (χ4n) is 1.11. The van der Waals surface area contributed by atoms with E-state index in [0.717, 1.165) is 6.20 Å². The van der Waals surface area contributed by atoms with Gasteiger partial charge >= 0.3 is 5.97 Å². The van der Waals surface area contributed by atoms with Gasteiger partial charge in [0.2, 0.25) is 0 Å². The molecule has 7 heteroatoms. The zero-order valence-corrected chi connectivity index (χ0v) is 10.4. The highest BCUT2D eigenvalue weighted by Crippen LogP contribution is 2.32. The molecule has 0 aromatic carbocycles. The van der Waals surface area contributed by atoms with Gasteiger partial charge in [0.1, 0.15) is 15.0 Å². The number of alkyl halides is 2. The monoisotopic (exact) mass is 343 g/mol. The number of aromatic hydroxyl groups is 1. The molecule has 1 heterocycles. The van der Waals surface area contributed by atoms with Crippen LogP contribution in [0.5, 0.6) is 5.75 Å². The maximum atomic E-state index is 12.7. The second-order valence-corrected chi connectivity index (χ2v) is 3.77. The third-order valence-corrected chi connectivity index (χ3v) is 2.61. The average molecular weight is 343 g/mol. The molecule has 0 radical (unpaired) electrons. The lowest BCUT2D eigenvalue weighted by molar-refractivity contribution is 0.0510. The van der Waals surface area contributed by atoms with E-state index in [9.17, 15) is 18.7 Å². The lowest BCUT2D eigenvalue weighted by Crippen LogP contribution is -2.11. The van der Waals surface area contributed by atoms with E-state index in [-0.39, 0.29) is 10.3 Å². The van der Waals surface area contributed by atoms with Gasteiger partial charge in [-0.05, 0) is 29.5 Å². The average Bonchev–Trinajstić information content (AvgIpc) is 2.20. The Kier molecular flexibility index (Phi) is 4.39. The predicted octanol–water partition coefficient (Wildman–Crippen LogP) is 2.51. The highest BCUT2D eigenvalue weighted by Gasteiger charge is 2.26. The highest BCUT2D eigenvalue weighted by molar-refractivity contribution is 14.1.